The number of likely N-dealkylation sites (tertiary alicyclic amines) is 1. The first-order valence-corrected chi connectivity index (χ1v) is 12.9. The second-order valence-corrected chi connectivity index (χ2v) is 11.0. The molecule has 1 saturated heterocycles. The zero-order valence-corrected chi connectivity index (χ0v) is 24.2. The van der Waals surface area contributed by atoms with Gasteiger partial charge in [0.15, 0.2) is 5.03 Å². The molecule has 2 heterocycles. The second kappa shape index (κ2) is 11.4. The number of benzene rings is 1. The van der Waals surface area contributed by atoms with Crippen LogP contribution in [0.5, 0.6) is 0 Å². The van der Waals surface area contributed by atoms with E-state index in [2.05, 4.69) is 10.4 Å². The van der Waals surface area contributed by atoms with E-state index in [4.69, 9.17) is 0 Å². The van der Waals surface area contributed by atoms with E-state index in [-0.39, 0.29) is 60.5 Å². The summed E-state index contributed by atoms with van der Waals surface area (Å²) in [5, 5.41) is 6.26. The summed E-state index contributed by atoms with van der Waals surface area (Å²) in [5.74, 6) is -0.953. The SMILES string of the molecule is CC(C)c1cc(F)cc(C(C)C)c1NC(=O)NS(=O)(=O)c1cc(C(=O)N2CCC2)n(C(C)C)n1.[H-].[Na+]. The van der Waals surface area contributed by atoms with Crippen LogP contribution >= 0.6 is 0 Å². The smallest absolute Gasteiger partial charge is 1.00 e. The van der Waals surface area contributed by atoms with Gasteiger partial charge in [0, 0.05) is 30.9 Å². The standard InChI is InChI=1S/C23H32FN5O4S.Na.H/c1-13(2)17-10-16(24)11-18(14(3)4)21(17)25-23(31)27-34(32,33)20-12-19(29(26-20)15(5)6)22(30)28-8-7-9-28;;/h10-15H,7-9H2,1-6H3,(H2,25,27,31);;/q;+1;-1. The molecule has 1 aliphatic rings. The molecule has 0 radical (unpaired) electrons. The third-order valence-corrected chi connectivity index (χ3v) is 6.92. The Labute approximate surface area is 229 Å². The van der Waals surface area contributed by atoms with Crippen LogP contribution in [0.4, 0.5) is 14.9 Å². The van der Waals surface area contributed by atoms with Crippen molar-refractivity contribution < 1.29 is 53.4 Å². The molecule has 0 aliphatic carbocycles. The van der Waals surface area contributed by atoms with Gasteiger partial charge in [-0.3, -0.25) is 9.48 Å². The van der Waals surface area contributed by atoms with Crippen LogP contribution in [-0.2, 0) is 10.0 Å². The van der Waals surface area contributed by atoms with Crippen LogP contribution < -0.4 is 39.6 Å². The molecule has 1 aromatic heterocycles. The Kier molecular flexibility index (Phi) is 9.54. The summed E-state index contributed by atoms with van der Waals surface area (Å²) >= 11 is 0. The van der Waals surface area contributed by atoms with Gasteiger partial charge in [-0.2, -0.15) is 13.5 Å². The van der Waals surface area contributed by atoms with Gasteiger partial charge in [0.25, 0.3) is 15.9 Å². The first-order valence-electron chi connectivity index (χ1n) is 11.4. The summed E-state index contributed by atoms with van der Waals surface area (Å²) in [4.78, 5) is 27.1. The molecule has 3 amide bonds. The molecule has 3 rings (SSSR count). The van der Waals surface area contributed by atoms with Gasteiger partial charge in [-0.25, -0.2) is 13.9 Å². The predicted octanol–water partition coefficient (Wildman–Crippen LogP) is 1.32. The van der Waals surface area contributed by atoms with Gasteiger partial charge in [-0.15, -0.1) is 0 Å². The maximum absolute atomic E-state index is 14.1. The van der Waals surface area contributed by atoms with E-state index in [1.807, 2.05) is 32.4 Å². The minimum atomic E-state index is -4.38. The van der Waals surface area contributed by atoms with Gasteiger partial charge in [0.1, 0.15) is 11.5 Å². The summed E-state index contributed by atoms with van der Waals surface area (Å²) in [6.45, 7) is 12.2. The van der Waals surface area contributed by atoms with Crippen molar-refractivity contribution in [2.75, 3.05) is 18.4 Å². The van der Waals surface area contributed by atoms with Crippen LogP contribution in [0, 0.1) is 5.82 Å². The van der Waals surface area contributed by atoms with E-state index in [1.165, 1.54) is 22.9 Å². The molecule has 188 valence electrons. The number of nitrogens with zero attached hydrogens (tertiary/aromatic N) is 3. The van der Waals surface area contributed by atoms with Crippen molar-refractivity contribution in [3.63, 3.8) is 0 Å². The summed E-state index contributed by atoms with van der Waals surface area (Å²) in [7, 11) is -4.38. The molecule has 2 N–H and O–H groups in total. The van der Waals surface area contributed by atoms with Crippen LogP contribution in [0.3, 0.4) is 0 Å². The Hall–Kier alpha value is -1.95. The molecule has 0 bridgehead atoms. The summed E-state index contributed by atoms with van der Waals surface area (Å²) in [5.41, 5.74) is 1.64. The summed E-state index contributed by atoms with van der Waals surface area (Å²) in [6.07, 6.45) is 0.897. The van der Waals surface area contributed by atoms with Crippen molar-refractivity contribution in [2.24, 2.45) is 0 Å². The third-order valence-electron chi connectivity index (χ3n) is 5.71. The fourth-order valence-electron chi connectivity index (χ4n) is 3.76. The number of carbonyl (C=O) groups excluding carboxylic acids is 2. The van der Waals surface area contributed by atoms with Crippen molar-refractivity contribution >= 4 is 27.6 Å². The van der Waals surface area contributed by atoms with E-state index in [9.17, 15) is 22.4 Å². The number of amides is 3. The first-order chi connectivity index (χ1) is 15.8. The predicted molar refractivity (Wildman–Crippen MR) is 128 cm³/mol. The largest absolute Gasteiger partial charge is 1.00 e. The quantitative estimate of drug-likeness (QED) is 0.538. The normalized spacial score (nSPS) is 13.6. The van der Waals surface area contributed by atoms with Crippen LogP contribution in [0.25, 0.3) is 0 Å². The number of halogens is 1. The van der Waals surface area contributed by atoms with Crippen LogP contribution in [0.1, 0.15) is 88.9 Å². The van der Waals surface area contributed by atoms with Gasteiger partial charge in [-0.05, 0) is 55.4 Å². The number of hydrogen-bond donors (Lipinski definition) is 2. The molecular weight excluding hydrogens is 484 g/mol. The topological polar surface area (TPSA) is 113 Å². The summed E-state index contributed by atoms with van der Waals surface area (Å²) < 4.78 is 43.4. The molecule has 0 atom stereocenters. The van der Waals surface area contributed by atoms with Crippen LogP contribution in [0.2, 0.25) is 0 Å². The van der Waals surface area contributed by atoms with E-state index < -0.39 is 26.9 Å². The van der Waals surface area contributed by atoms with Crippen molar-refractivity contribution in [2.45, 2.75) is 70.9 Å². The molecule has 1 aromatic carbocycles. The number of nitrogens with one attached hydrogen (secondary N) is 2. The third kappa shape index (κ3) is 6.44. The minimum Gasteiger partial charge on any atom is -1.00 e. The molecule has 2 aromatic rings. The maximum Gasteiger partial charge on any atom is 1.00 e. The zero-order valence-electron chi connectivity index (χ0n) is 22.3. The molecule has 0 spiro atoms. The van der Waals surface area contributed by atoms with Crippen molar-refractivity contribution in [1.29, 1.82) is 0 Å². The Morgan fingerprint density at radius 3 is 2.00 bits per heavy atom. The van der Waals surface area contributed by atoms with E-state index >= 15 is 0 Å². The molecule has 0 saturated carbocycles. The van der Waals surface area contributed by atoms with Crippen molar-refractivity contribution in [3.8, 4) is 0 Å². The van der Waals surface area contributed by atoms with Crippen molar-refractivity contribution in [1.82, 2.24) is 19.4 Å². The average Bonchev–Trinajstić information content (AvgIpc) is 3.13. The molecule has 1 aliphatic heterocycles. The van der Waals surface area contributed by atoms with Gasteiger partial charge >= 0.3 is 35.6 Å². The monoisotopic (exact) mass is 517 g/mol. The molecule has 9 nitrogen and oxygen atoms in total. The summed E-state index contributed by atoms with van der Waals surface area (Å²) in [6, 6.07) is 2.59. The van der Waals surface area contributed by atoms with E-state index in [0.717, 1.165) is 6.42 Å². The first kappa shape index (κ1) is 29.3. The molecule has 35 heavy (non-hydrogen) atoms. The fourth-order valence-corrected chi connectivity index (χ4v) is 4.62. The molecule has 0 unspecified atom stereocenters. The van der Waals surface area contributed by atoms with Crippen LogP contribution in [-0.4, -0.2) is 48.1 Å². The number of anilines is 1. The fraction of sp³-hybridized carbons (Fsp3) is 0.522. The van der Waals surface area contributed by atoms with Crippen molar-refractivity contribution in [3.05, 3.63) is 40.8 Å². The number of rotatable bonds is 7. The molecule has 1 fully saturated rings. The Bertz CT molecular complexity index is 1180. The number of urea groups is 1. The second-order valence-electron chi connectivity index (χ2n) is 9.38. The Morgan fingerprint density at radius 1 is 1.03 bits per heavy atom. The maximum atomic E-state index is 14.1. The number of aromatic nitrogens is 2. The molecular formula is C23H33FN5NaO4S. The number of sulfonamides is 1. The van der Waals surface area contributed by atoms with Gasteiger partial charge in [0.2, 0.25) is 0 Å². The van der Waals surface area contributed by atoms with Gasteiger partial charge in [-0.1, -0.05) is 27.7 Å². The van der Waals surface area contributed by atoms with Gasteiger partial charge in [0.05, 0.1) is 0 Å². The van der Waals surface area contributed by atoms with Gasteiger partial charge < -0.3 is 11.6 Å². The zero-order chi connectivity index (χ0) is 25.4. The number of carbonyl (C=O) groups is 2. The number of hydrogen-bond acceptors (Lipinski definition) is 5. The van der Waals surface area contributed by atoms with Crippen LogP contribution in [0.15, 0.2) is 23.2 Å². The minimum absolute atomic E-state index is 0. The van der Waals surface area contributed by atoms with E-state index in [1.54, 1.807) is 18.7 Å². The Morgan fingerprint density at radius 2 is 1.57 bits per heavy atom. The molecule has 12 heteroatoms. The average molecular weight is 518 g/mol. The Balaban J connectivity index is 0.00000324. The van der Waals surface area contributed by atoms with E-state index in [0.29, 0.717) is 29.9 Å².